The van der Waals surface area contributed by atoms with Gasteiger partial charge in [0.25, 0.3) is 23.6 Å². The zero-order valence-corrected chi connectivity index (χ0v) is 31.2. The first kappa shape index (κ1) is 43.5. The number of H-pyrrole nitrogens is 2. The van der Waals surface area contributed by atoms with Gasteiger partial charge in [0, 0.05) is 31.6 Å². The van der Waals surface area contributed by atoms with E-state index in [9.17, 15) is 43.8 Å². The highest BCUT2D eigenvalue weighted by atomic mass is 16.4. The third kappa shape index (κ3) is 13.8. The summed E-state index contributed by atoms with van der Waals surface area (Å²) < 4.78 is 0. The van der Waals surface area contributed by atoms with E-state index in [-0.39, 0.29) is 60.2 Å². The Kier molecular flexibility index (Phi) is 16.6. The molecular weight excluding hydrogens is 716 g/mol. The van der Waals surface area contributed by atoms with Crippen LogP contribution < -0.4 is 32.3 Å². The van der Waals surface area contributed by atoms with Crippen LogP contribution in [-0.2, 0) is 20.8 Å². The van der Waals surface area contributed by atoms with Gasteiger partial charge in [-0.2, -0.15) is 0 Å². The number of aromatic amines is 2. The third-order valence-corrected chi connectivity index (χ3v) is 8.28. The number of carboxylic acids is 2. The monoisotopic (exact) mass is 766 g/mol. The van der Waals surface area contributed by atoms with Gasteiger partial charge in [-0.15, -0.1) is 0 Å². The lowest BCUT2D eigenvalue weighted by Gasteiger charge is -2.22. The molecule has 55 heavy (non-hydrogen) atoms. The number of aromatic nitrogens is 4. The number of carbonyl (C=O) groups excluding carboxylic acids is 5. The highest BCUT2D eigenvalue weighted by Crippen LogP contribution is 2.11. The van der Waals surface area contributed by atoms with E-state index in [1.54, 1.807) is 30.3 Å². The zero-order valence-electron chi connectivity index (χ0n) is 31.2. The Morgan fingerprint density at radius 3 is 1.71 bits per heavy atom. The fourth-order valence-corrected chi connectivity index (χ4v) is 5.76. The number of ketones is 1. The molecule has 0 aliphatic carbocycles. The normalized spacial score (nSPS) is 13.4. The second-order valence-corrected chi connectivity index (χ2v) is 13.9. The minimum absolute atomic E-state index is 0.00494. The first-order chi connectivity index (χ1) is 26.1. The molecule has 2 aromatic heterocycles. The molecular formula is C36H50N10O9. The number of aliphatic carboxylic acids is 2. The molecule has 0 aliphatic heterocycles. The molecule has 2 heterocycles. The van der Waals surface area contributed by atoms with Crippen molar-refractivity contribution in [1.82, 2.24) is 46.5 Å². The predicted molar refractivity (Wildman–Crippen MR) is 198 cm³/mol. The average Bonchev–Trinajstić information content (AvgIpc) is 3.82. The molecule has 11 N–H and O–H groups in total. The minimum atomic E-state index is -1.49. The molecule has 0 fully saturated rings. The van der Waals surface area contributed by atoms with Gasteiger partial charge in [0.1, 0.15) is 17.4 Å². The summed E-state index contributed by atoms with van der Waals surface area (Å²) in [5.41, 5.74) is 5.41. The van der Waals surface area contributed by atoms with Crippen molar-refractivity contribution in [3.63, 3.8) is 0 Å². The van der Waals surface area contributed by atoms with Gasteiger partial charge >= 0.3 is 11.9 Å². The number of benzene rings is 1. The van der Waals surface area contributed by atoms with E-state index < -0.39 is 72.4 Å². The molecule has 298 valence electrons. The van der Waals surface area contributed by atoms with Gasteiger partial charge in [-0.25, -0.2) is 14.8 Å². The molecule has 0 saturated heterocycles. The van der Waals surface area contributed by atoms with Crippen molar-refractivity contribution in [2.24, 2.45) is 17.6 Å². The summed E-state index contributed by atoms with van der Waals surface area (Å²) in [5, 5.41) is 32.4. The summed E-state index contributed by atoms with van der Waals surface area (Å²) in [4.78, 5) is 102. The van der Waals surface area contributed by atoms with Crippen LogP contribution >= 0.6 is 0 Å². The first-order valence-corrected chi connectivity index (χ1v) is 17.8. The topological polar surface area (TPSA) is 303 Å². The average molecular weight is 767 g/mol. The fraction of sp³-hybridized carbons (Fsp3) is 0.472. The summed E-state index contributed by atoms with van der Waals surface area (Å²) in [6.07, 6.45) is 2.51. The van der Waals surface area contributed by atoms with Crippen LogP contribution in [0.1, 0.15) is 94.5 Å². The number of nitrogens with two attached hydrogens (primary N) is 1. The van der Waals surface area contributed by atoms with Gasteiger partial charge in [-0.05, 0) is 30.2 Å². The summed E-state index contributed by atoms with van der Waals surface area (Å²) in [6, 6.07) is 4.95. The molecule has 0 bridgehead atoms. The molecule has 0 unspecified atom stereocenters. The van der Waals surface area contributed by atoms with Crippen molar-refractivity contribution >= 4 is 41.4 Å². The number of hydrogen-bond donors (Lipinski definition) is 10. The summed E-state index contributed by atoms with van der Waals surface area (Å²) in [6.45, 7) is 7.51. The van der Waals surface area contributed by atoms with Crippen molar-refractivity contribution in [1.29, 1.82) is 0 Å². The number of imidazole rings is 2. The Morgan fingerprint density at radius 1 is 0.709 bits per heavy atom. The molecule has 4 atom stereocenters. The lowest BCUT2D eigenvalue weighted by molar-refractivity contribution is -0.140. The predicted octanol–water partition coefficient (Wildman–Crippen LogP) is 0.238. The molecule has 3 rings (SSSR count). The minimum Gasteiger partial charge on any atom is -0.481 e. The Labute approximate surface area is 317 Å². The summed E-state index contributed by atoms with van der Waals surface area (Å²) >= 11 is 0. The van der Waals surface area contributed by atoms with E-state index in [0.717, 1.165) is 12.7 Å². The number of carboxylic acid groups (broad SMARTS) is 2. The molecule has 0 radical (unpaired) electrons. The Bertz CT molecular complexity index is 1790. The maximum absolute atomic E-state index is 13.4. The molecule has 0 aliphatic rings. The van der Waals surface area contributed by atoms with E-state index in [1.807, 2.05) is 27.7 Å². The van der Waals surface area contributed by atoms with Gasteiger partial charge in [0.2, 0.25) is 0 Å². The molecule has 1 aromatic carbocycles. The van der Waals surface area contributed by atoms with E-state index in [4.69, 9.17) is 5.73 Å². The molecule has 0 saturated carbocycles. The molecule has 19 nitrogen and oxygen atoms in total. The van der Waals surface area contributed by atoms with Crippen molar-refractivity contribution in [3.8, 4) is 0 Å². The quantitative estimate of drug-likeness (QED) is 0.0619. The maximum Gasteiger partial charge on any atom is 0.326 e. The number of Topliss-reactive ketones (excluding diaryl/α,β-unsaturated/α-hetero) is 1. The molecule has 19 heteroatoms. The lowest BCUT2D eigenvalue weighted by Crippen LogP contribution is -2.49. The zero-order chi connectivity index (χ0) is 40.7. The van der Waals surface area contributed by atoms with Crippen LogP contribution in [0.25, 0.3) is 0 Å². The van der Waals surface area contributed by atoms with Crippen molar-refractivity contribution in [3.05, 3.63) is 71.3 Å². The van der Waals surface area contributed by atoms with Crippen LogP contribution in [-0.4, -0.2) is 115 Å². The van der Waals surface area contributed by atoms with Crippen LogP contribution in [0.2, 0.25) is 0 Å². The van der Waals surface area contributed by atoms with E-state index in [2.05, 4.69) is 46.5 Å². The van der Waals surface area contributed by atoms with Crippen LogP contribution in [0.3, 0.4) is 0 Å². The van der Waals surface area contributed by atoms with E-state index >= 15 is 0 Å². The number of nitrogens with zero attached hydrogens (tertiary/aromatic N) is 2. The SMILES string of the molecule is CC(C)C[C@@H](CNCC(=O)[C@H](CC(=O)O)NC(=O)c1[nH]cnc1C(=O)N[C@H](CN)CC(C)C)NC(=O)c1nc[nH]c1C(=O)N[C@@H](Cc1ccccc1)C(=O)O. The largest absolute Gasteiger partial charge is 0.481 e. The maximum atomic E-state index is 13.4. The summed E-state index contributed by atoms with van der Waals surface area (Å²) in [7, 11) is 0. The Balaban J connectivity index is 1.64. The van der Waals surface area contributed by atoms with E-state index in [0.29, 0.717) is 18.4 Å². The number of nitrogens with one attached hydrogen (secondary N) is 7. The smallest absolute Gasteiger partial charge is 0.326 e. The Morgan fingerprint density at radius 2 is 1.22 bits per heavy atom. The van der Waals surface area contributed by atoms with Crippen molar-refractivity contribution in [2.75, 3.05) is 19.6 Å². The molecule has 0 spiro atoms. The van der Waals surface area contributed by atoms with Gasteiger partial charge in [0.05, 0.1) is 31.7 Å². The second kappa shape index (κ2) is 21.1. The number of amides is 4. The molecule has 3 aromatic rings. The third-order valence-electron chi connectivity index (χ3n) is 8.28. The second-order valence-electron chi connectivity index (χ2n) is 13.9. The van der Waals surface area contributed by atoms with Crippen LogP contribution in [0.5, 0.6) is 0 Å². The van der Waals surface area contributed by atoms with Gasteiger partial charge < -0.3 is 52.5 Å². The van der Waals surface area contributed by atoms with Crippen molar-refractivity contribution < 1.29 is 43.8 Å². The van der Waals surface area contributed by atoms with Crippen LogP contribution in [0.15, 0.2) is 43.0 Å². The van der Waals surface area contributed by atoms with Gasteiger partial charge in [-0.3, -0.25) is 28.8 Å². The highest BCUT2D eigenvalue weighted by molar-refractivity contribution is 6.07. The van der Waals surface area contributed by atoms with Gasteiger partial charge in [0.15, 0.2) is 17.2 Å². The van der Waals surface area contributed by atoms with Gasteiger partial charge in [-0.1, -0.05) is 58.0 Å². The standard InChI is InChI=1S/C36H50N10O9/c1-19(2)10-22(14-37)43-32(50)28-30(41-17-39-28)34(52)45-24(13-27(48)49)26(47)16-38-15-23(11-20(3)4)44-33(51)29-31(42-18-40-29)35(53)46-25(36(54)55)12-21-8-6-5-7-9-21/h5-9,17-20,22-25,38H,10-16,37H2,1-4H3,(H,39,41)(H,40,42)(H,43,50)(H,44,51)(H,45,52)(H,46,53)(H,48,49)(H,54,55)/t22-,23-,24-,25-/m0/s1. The number of hydrogen-bond acceptors (Lipinski definition) is 11. The summed E-state index contributed by atoms with van der Waals surface area (Å²) in [5.74, 6) is -6.20. The van der Waals surface area contributed by atoms with Crippen LogP contribution in [0.4, 0.5) is 0 Å². The Hall–Kier alpha value is -5.95. The lowest BCUT2D eigenvalue weighted by atomic mass is 10.0. The first-order valence-electron chi connectivity index (χ1n) is 17.8. The highest BCUT2D eigenvalue weighted by Gasteiger charge is 2.30. The van der Waals surface area contributed by atoms with E-state index in [1.165, 1.54) is 0 Å². The number of rotatable bonds is 23. The van der Waals surface area contributed by atoms with Crippen molar-refractivity contribution in [2.45, 2.75) is 77.5 Å². The fourth-order valence-electron chi connectivity index (χ4n) is 5.76. The van der Waals surface area contributed by atoms with Crippen LogP contribution in [0, 0.1) is 11.8 Å². The molecule has 4 amide bonds. The number of carbonyl (C=O) groups is 7.